The first-order valence-electron chi connectivity index (χ1n) is 4.95. The average Bonchev–Trinajstić information content (AvgIpc) is 2.08. The summed E-state index contributed by atoms with van der Waals surface area (Å²) in [5.41, 5.74) is 0. The van der Waals surface area contributed by atoms with Gasteiger partial charge in [0.1, 0.15) is 11.8 Å². The molecule has 1 aliphatic heterocycles. The standard InChI is InChI=1S/C9H19NO3S/c1-9-3-5-10(6-4-9)7-14(11,12)8-13-2/h9H,3-8H2,1-2H3. The van der Waals surface area contributed by atoms with Crippen LogP contribution in [-0.4, -0.2) is 45.3 Å². The van der Waals surface area contributed by atoms with E-state index < -0.39 is 9.84 Å². The molecule has 0 bridgehead atoms. The van der Waals surface area contributed by atoms with Gasteiger partial charge in [0.2, 0.25) is 0 Å². The number of hydrogen-bond acceptors (Lipinski definition) is 4. The molecule has 0 spiro atoms. The molecule has 1 fully saturated rings. The Morgan fingerprint density at radius 3 is 2.43 bits per heavy atom. The molecule has 0 N–H and O–H groups in total. The third-order valence-electron chi connectivity index (χ3n) is 2.55. The molecule has 0 unspecified atom stereocenters. The Morgan fingerprint density at radius 2 is 1.93 bits per heavy atom. The molecule has 5 heteroatoms. The lowest BCUT2D eigenvalue weighted by Gasteiger charge is -2.29. The van der Waals surface area contributed by atoms with Crippen molar-refractivity contribution in [2.45, 2.75) is 19.8 Å². The molecular formula is C9H19NO3S. The van der Waals surface area contributed by atoms with Gasteiger partial charge in [-0.1, -0.05) is 6.92 Å². The second kappa shape index (κ2) is 5.09. The van der Waals surface area contributed by atoms with Crippen LogP contribution in [0.1, 0.15) is 19.8 Å². The molecule has 0 amide bonds. The van der Waals surface area contributed by atoms with Gasteiger partial charge in [-0.3, -0.25) is 4.90 Å². The molecule has 4 nitrogen and oxygen atoms in total. The average molecular weight is 221 g/mol. The van der Waals surface area contributed by atoms with Gasteiger partial charge in [-0.15, -0.1) is 0 Å². The highest BCUT2D eigenvalue weighted by molar-refractivity contribution is 7.91. The SMILES string of the molecule is COCS(=O)(=O)CN1CCC(C)CC1. The number of hydrogen-bond donors (Lipinski definition) is 0. The number of sulfone groups is 1. The summed E-state index contributed by atoms with van der Waals surface area (Å²) in [7, 11) is -1.63. The summed E-state index contributed by atoms with van der Waals surface area (Å²) < 4.78 is 27.5. The molecule has 0 aromatic carbocycles. The lowest BCUT2D eigenvalue weighted by molar-refractivity contribution is 0.211. The van der Waals surface area contributed by atoms with E-state index in [1.165, 1.54) is 7.11 Å². The first kappa shape index (κ1) is 11.9. The summed E-state index contributed by atoms with van der Waals surface area (Å²) in [6.45, 7) is 4.00. The third kappa shape index (κ3) is 3.94. The quantitative estimate of drug-likeness (QED) is 0.701. The summed E-state index contributed by atoms with van der Waals surface area (Å²) in [6.07, 6.45) is 2.20. The first-order valence-corrected chi connectivity index (χ1v) is 6.77. The Labute approximate surface area is 86.2 Å². The van der Waals surface area contributed by atoms with E-state index in [0.717, 1.165) is 31.8 Å². The van der Waals surface area contributed by atoms with Crippen LogP contribution >= 0.6 is 0 Å². The maximum Gasteiger partial charge on any atom is 0.187 e. The number of rotatable bonds is 4. The van der Waals surface area contributed by atoms with Crippen LogP contribution in [0.4, 0.5) is 0 Å². The van der Waals surface area contributed by atoms with Gasteiger partial charge >= 0.3 is 0 Å². The summed E-state index contributed by atoms with van der Waals surface area (Å²) in [5.74, 6) is 0.712. The van der Waals surface area contributed by atoms with Gasteiger partial charge in [0, 0.05) is 7.11 Å². The van der Waals surface area contributed by atoms with Crippen molar-refractivity contribution in [2.75, 3.05) is 32.0 Å². The Hall–Kier alpha value is -0.130. The fourth-order valence-electron chi connectivity index (χ4n) is 1.69. The van der Waals surface area contributed by atoms with Crippen LogP contribution in [0.25, 0.3) is 0 Å². The van der Waals surface area contributed by atoms with E-state index in [1.54, 1.807) is 0 Å². The van der Waals surface area contributed by atoms with Crippen molar-refractivity contribution in [3.63, 3.8) is 0 Å². The molecule has 84 valence electrons. The molecule has 1 saturated heterocycles. The van der Waals surface area contributed by atoms with Crippen LogP contribution in [0.2, 0.25) is 0 Å². The van der Waals surface area contributed by atoms with Crippen molar-refractivity contribution in [1.29, 1.82) is 0 Å². The lowest BCUT2D eigenvalue weighted by Crippen LogP contribution is -2.37. The normalized spacial score (nSPS) is 21.3. The number of likely N-dealkylation sites (tertiary alicyclic amines) is 1. The third-order valence-corrected chi connectivity index (χ3v) is 3.91. The van der Waals surface area contributed by atoms with E-state index in [0.29, 0.717) is 0 Å². The number of methoxy groups -OCH3 is 1. The van der Waals surface area contributed by atoms with Gasteiger partial charge in [0.05, 0.1) is 0 Å². The predicted octanol–water partition coefficient (Wildman–Crippen LogP) is 0.694. The Morgan fingerprint density at radius 1 is 1.36 bits per heavy atom. The minimum Gasteiger partial charge on any atom is -0.369 e. The van der Waals surface area contributed by atoms with Crippen molar-refractivity contribution < 1.29 is 13.2 Å². The molecule has 0 aromatic heterocycles. The van der Waals surface area contributed by atoms with E-state index >= 15 is 0 Å². The van der Waals surface area contributed by atoms with Gasteiger partial charge in [-0.2, -0.15) is 0 Å². The van der Waals surface area contributed by atoms with E-state index in [-0.39, 0.29) is 11.8 Å². The van der Waals surface area contributed by atoms with Gasteiger partial charge in [0.15, 0.2) is 9.84 Å². The van der Waals surface area contributed by atoms with Gasteiger partial charge < -0.3 is 4.74 Å². The maximum atomic E-state index is 11.4. The van der Waals surface area contributed by atoms with Gasteiger partial charge in [-0.05, 0) is 31.8 Å². The van der Waals surface area contributed by atoms with Crippen LogP contribution in [0.3, 0.4) is 0 Å². The second-order valence-corrected chi connectivity index (χ2v) is 6.06. The zero-order chi connectivity index (χ0) is 10.6. The van der Waals surface area contributed by atoms with Gasteiger partial charge in [-0.25, -0.2) is 8.42 Å². The maximum absolute atomic E-state index is 11.4. The van der Waals surface area contributed by atoms with Crippen molar-refractivity contribution in [1.82, 2.24) is 4.90 Å². The summed E-state index contributed by atoms with van der Waals surface area (Å²) in [6, 6.07) is 0. The molecule has 0 aliphatic carbocycles. The molecule has 0 atom stereocenters. The van der Waals surface area contributed by atoms with Crippen molar-refractivity contribution in [2.24, 2.45) is 5.92 Å². The summed E-state index contributed by atoms with van der Waals surface area (Å²) in [4.78, 5) is 1.99. The van der Waals surface area contributed by atoms with Crippen LogP contribution in [0.5, 0.6) is 0 Å². The van der Waals surface area contributed by atoms with Crippen LogP contribution < -0.4 is 0 Å². The second-order valence-electron chi connectivity index (χ2n) is 4.08. The Bertz CT molecular complexity index is 255. The molecule has 14 heavy (non-hydrogen) atoms. The smallest absolute Gasteiger partial charge is 0.187 e. The van der Waals surface area contributed by atoms with Crippen LogP contribution in [0.15, 0.2) is 0 Å². The molecule has 1 rings (SSSR count). The van der Waals surface area contributed by atoms with E-state index in [2.05, 4.69) is 11.7 Å². The monoisotopic (exact) mass is 221 g/mol. The Kier molecular flexibility index (Phi) is 4.34. The minimum atomic E-state index is -3.05. The summed E-state index contributed by atoms with van der Waals surface area (Å²) >= 11 is 0. The first-order chi connectivity index (χ1) is 6.53. The highest BCUT2D eigenvalue weighted by Crippen LogP contribution is 2.16. The molecule has 1 aliphatic rings. The highest BCUT2D eigenvalue weighted by Gasteiger charge is 2.20. The van der Waals surface area contributed by atoms with Crippen molar-refractivity contribution in [3.8, 4) is 0 Å². The molecule has 0 radical (unpaired) electrons. The minimum absolute atomic E-state index is 0.146. The molecule has 0 aromatic rings. The van der Waals surface area contributed by atoms with Gasteiger partial charge in [0.25, 0.3) is 0 Å². The van der Waals surface area contributed by atoms with E-state index in [4.69, 9.17) is 0 Å². The van der Waals surface area contributed by atoms with Crippen LogP contribution in [0, 0.1) is 5.92 Å². The van der Waals surface area contributed by atoms with E-state index in [9.17, 15) is 8.42 Å². The topological polar surface area (TPSA) is 46.6 Å². The summed E-state index contributed by atoms with van der Waals surface area (Å²) in [5, 5.41) is 0. The van der Waals surface area contributed by atoms with Crippen LogP contribution in [-0.2, 0) is 14.6 Å². The number of piperidine rings is 1. The fourth-order valence-corrected chi connectivity index (χ4v) is 2.93. The Balaban J connectivity index is 2.37. The van der Waals surface area contributed by atoms with E-state index in [1.807, 2.05) is 4.90 Å². The zero-order valence-electron chi connectivity index (χ0n) is 8.90. The fraction of sp³-hybridized carbons (Fsp3) is 1.00. The van der Waals surface area contributed by atoms with Crippen molar-refractivity contribution >= 4 is 9.84 Å². The number of ether oxygens (including phenoxy) is 1. The largest absolute Gasteiger partial charge is 0.369 e. The van der Waals surface area contributed by atoms with Crippen molar-refractivity contribution in [3.05, 3.63) is 0 Å². The molecular weight excluding hydrogens is 202 g/mol. The zero-order valence-corrected chi connectivity index (χ0v) is 9.72. The lowest BCUT2D eigenvalue weighted by atomic mass is 10.00. The molecule has 0 saturated carbocycles. The highest BCUT2D eigenvalue weighted by atomic mass is 32.2. The molecule has 1 heterocycles. The number of nitrogens with zero attached hydrogens (tertiary/aromatic N) is 1. The predicted molar refractivity (Wildman–Crippen MR) is 55.6 cm³/mol.